The summed E-state index contributed by atoms with van der Waals surface area (Å²) in [4.78, 5) is 21.3. The summed E-state index contributed by atoms with van der Waals surface area (Å²) in [5.41, 5.74) is 7.42. The second-order valence-corrected chi connectivity index (χ2v) is 9.66. The fourth-order valence-electron chi connectivity index (χ4n) is 4.83. The van der Waals surface area contributed by atoms with Crippen molar-refractivity contribution in [3.63, 3.8) is 0 Å². The van der Waals surface area contributed by atoms with Crippen LogP contribution in [0.3, 0.4) is 0 Å². The average Bonchev–Trinajstić information content (AvgIpc) is 3.20. The van der Waals surface area contributed by atoms with Crippen molar-refractivity contribution in [2.24, 2.45) is 4.99 Å². The Morgan fingerprint density at radius 2 is 2.00 bits per heavy atom. The van der Waals surface area contributed by atoms with Gasteiger partial charge in [0.15, 0.2) is 5.78 Å². The van der Waals surface area contributed by atoms with Crippen LogP contribution in [0.1, 0.15) is 86.5 Å². The number of ketones is 1. The Balaban J connectivity index is 1.73. The monoisotopic (exact) mass is 475 g/mol. The van der Waals surface area contributed by atoms with Crippen molar-refractivity contribution >= 4 is 12.0 Å². The third kappa shape index (κ3) is 6.47. The Labute approximate surface area is 211 Å². The summed E-state index contributed by atoms with van der Waals surface area (Å²) in [6.07, 6.45) is 11.8. The molecule has 1 aromatic rings. The summed E-state index contributed by atoms with van der Waals surface area (Å²) in [5.74, 6) is 1.10. The number of hydrogen-bond acceptors (Lipinski definition) is 5. The van der Waals surface area contributed by atoms with Crippen molar-refractivity contribution in [1.82, 2.24) is 9.80 Å². The highest BCUT2D eigenvalue weighted by Gasteiger charge is 2.26. The molecule has 1 aliphatic heterocycles. The third-order valence-electron chi connectivity index (χ3n) is 6.97. The number of carbonyl (C=O) groups is 1. The van der Waals surface area contributed by atoms with Gasteiger partial charge in [-0.2, -0.15) is 0 Å². The number of fused-ring (bicyclic) bond motifs is 1. The van der Waals surface area contributed by atoms with Gasteiger partial charge >= 0.3 is 0 Å². The predicted molar refractivity (Wildman–Crippen MR) is 145 cm³/mol. The van der Waals surface area contributed by atoms with E-state index in [9.17, 15) is 9.90 Å². The zero-order chi connectivity index (χ0) is 25.5. The summed E-state index contributed by atoms with van der Waals surface area (Å²) < 4.78 is 0. The highest BCUT2D eigenvalue weighted by Crippen LogP contribution is 2.31. The van der Waals surface area contributed by atoms with Crippen LogP contribution >= 0.6 is 0 Å². The van der Waals surface area contributed by atoms with E-state index in [-0.39, 0.29) is 5.78 Å². The SMILES string of the molecule is C=C(C)N(/C=C\CC)C(=C\CC)/N=C\C1=C(C)CCN(CC(O)c2ccc3c(c2C)CCC3=O)C1. The van der Waals surface area contributed by atoms with Gasteiger partial charge in [0.05, 0.1) is 6.10 Å². The molecule has 1 aliphatic carbocycles. The molecule has 3 rings (SSSR count). The third-order valence-corrected chi connectivity index (χ3v) is 6.97. The first-order valence-electron chi connectivity index (χ1n) is 12.9. The summed E-state index contributed by atoms with van der Waals surface area (Å²) in [5, 5.41) is 11.1. The highest BCUT2D eigenvalue weighted by atomic mass is 16.3. The van der Waals surface area contributed by atoms with E-state index in [0.717, 1.165) is 72.5 Å². The number of aliphatic hydroxyl groups is 1. The largest absolute Gasteiger partial charge is 0.387 e. The molecule has 5 nitrogen and oxygen atoms in total. The topological polar surface area (TPSA) is 56.1 Å². The Hall–Kier alpha value is -2.76. The molecule has 0 saturated carbocycles. The molecule has 1 heterocycles. The van der Waals surface area contributed by atoms with E-state index in [0.29, 0.717) is 13.0 Å². The second kappa shape index (κ2) is 12.3. The number of β-amino-alcohol motifs (C(OH)–C–C–N with tert-alkyl or cyclic N) is 1. The molecule has 5 heteroatoms. The maximum Gasteiger partial charge on any atom is 0.163 e. The maximum absolute atomic E-state index is 12.1. The molecule has 1 unspecified atom stereocenters. The van der Waals surface area contributed by atoms with Gasteiger partial charge in [-0.3, -0.25) is 9.69 Å². The number of Topliss-reactive ketones (excluding diaryl/α,β-unsaturated/α-hetero) is 1. The van der Waals surface area contributed by atoms with Crippen LogP contribution in [-0.4, -0.2) is 46.5 Å². The van der Waals surface area contributed by atoms with Crippen molar-refractivity contribution in [2.45, 2.75) is 72.8 Å². The molecule has 0 fully saturated rings. The van der Waals surface area contributed by atoms with E-state index in [2.05, 4.69) is 44.4 Å². The van der Waals surface area contributed by atoms with Crippen molar-refractivity contribution in [3.8, 4) is 0 Å². The van der Waals surface area contributed by atoms with Crippen LogP contribution in [0, 0.1) is 6.92 Å². The molecule has 0 radical (unpaired) electrons. The van der Waals surface area contributed by atoms with E-state index < -0.39 is 6.10 Å². The van der Waals surface area contributed by atoms with Gasteiger partial charge in [0.1, 0.15) is 5.82 Å². The molecule has 188 valence electrons. The Kier molecular flexibility index (Phi) is 9.41. The predicted octanol–water partition coefficient (Wildman–Crippen LogP) is 6.26. The quantitative estimate of drug-likeness (QED) is 0.406. The molecular weight excluding hydrogens is 434 g/mol. The first kappa shape index (κ1) is 26.8. The normalized spacial score (nSPS) is 18.1. The number of allylic oxidation sites excluding steroid dienone is 3. The van der Waals surface area contributed by atoms with Gasteiger partial charge < -0.3 is 10.0 Å². The van der Waals surface area contributed by atoms with Crippen LogP contribution in [0.2, 0.25) is 0 Å². The van der Waals surface area contributed by atoms with Crippen molar-refractivity contribution in [3.05, 3.63) is 82.0 Å². The van der Waals surface area contributed by atoms with Gasteiger partial charge in [0.2, 0.25) is 0 Å². The van der Waals surface area contributed by atoms with E-state index in [1.807, 2.05) is 43.3 Å². The molecule has 1 atom stereocenters. The van der Waals surface area contributed by atoms with Gasteiger partial charge in [0, 0.05) is 49.7 Å². The first-order valence-corrected chi connectivity index (χ1v) is 12.9. The van der Waals surface area contributed by atoms with Crippen molar-refractivity contribution in [2.75, 3.05) is 19.6 Å². The minimum absolute atomic E-state index is 0.219. The van der Waals surface area contributed by atoms with Crippen LogP contribution in [-0.2, 0) is 6.42 Å². The molecule has 0 spiro atoms. The minimum Gasteiger partial charge on any atom is -0.387 e. The molecule has 0 saturated heterocycles. The summed E-state index contributed by atoms with van der Waals surface area (Å²) in [6, 6.07) is 3.84. The molecule has 1 N–H and O–H groups in total. The summed E-state index contributed by atoms with van der Waals surface area (Å²) in [6.45, 7) is 16.8. The zero-order valence-corrected chi connectivity index (χ0v) is 22.1. The van der Waals surface area contributed by atoms with Crippen LogP contribution in [0.15, 0.2) is 64.7 Å². The lowest BCUT2D eigenvalue weighted by atomic mass is 9.94. The number of aliphatic hydroxyl groups excluding tert-OH is 1. The molecule has 0 aromatic heterocycles. The van der Waals surface area contributed by atoms with Gasteiger partial charge in [-0.25, -0.2) is 4.99 Å². The smallest absolute Gasteiger partial charge is 0.163 e. The first-order chi connectivity index (χ1) is 16.8. The fourth-order valence-corrected chi connectivity index (χ4v) is 4.83. The lowest BCUT2D eigenvalue weighted by Gasteiger charge is -2.31. The number of benzene rings is 1. The molecule has 2 aliphatic rings. The van der Waals surface area contributed by atoms with Crippen molar-refractivity contribution < 1.29 is 9.90 Å². The molecule has 1 aromatic carbocycles. The lowest BCUT2D eigenvalue weighted by molar-refractivity contribution is 0.0994. The second-order valence-electron chi connectivity index (χ2n) is 9.66. The van der Waals surface area contributed by atoms with Crippen LogP contribution in [0.4, 0.5) is 0 Å². The standard InChI is InChI=1S/C30H41N3O2/c1-7-9-16-33(21(3)4)30(10-8-2)31-18-24-19-32(17-15-22(24)5)20-29(35)26-11-12-27-25(23(26)6)13-14-28(27)34/h9-12,16,18,29,35H,3,7-8,13-15,17,19-20H2,1-2,4-6H3/b16-9-,30-10-,31-18-. The molecular formula is C30H41N3O2. The number of aliphatic imine (C=N–C) groups is 1. The number of nitrogens with zero attached hydrogens (tertiary/aromatic N) is 3. The Bertz CT molecular complexity index is 1080. The minimum atomic E-state index is -0.582. The molecule has 35 heavy (non-hydrogen) atoms. The molecule has 0 bridgehead atoms. The van der Waals surface area contributed by atoms with E-state index in [1.165, 1.54) is 11.1 Å². The number of hydrogen-bond donors (Lipinski definition) is 1. The Morgan fingerprint density at radius 3 is 2.69 bits per heavy atom. The van der Waals surface area contributed by atoms with Crippen LogP contribution < -0.4 is 0 Å². The highest BCUT2D eigenvalue weighted by molar-refractivity contribution is 6.00. The number of rotatable bonds is 10. The number of carbonyl (C=O) groups excluding carboxylic acids is 1. The van der Waals surface area contributed by atoms with Gasteiger partial charge in [-0.15, -0.1) is 0 Å². The summed E-state index contributed by atoms with van der Waals surface area (Å²) in [7, 11) is 0. The van der Waals surface area contributed by atoms with Gasteiger partial charge in [-0.05, 0) is 74.8 Å². The van der Waals surface area contributed by atoms with Crippen LogP contribution in [0.25, 0.3) is 0 Å². The summed E-state index contributed by atoms with van der Waals surface area (Å²) >= 11 is 0. The van der Waals surface area contributed by atoms with E-state index >= 15 is 0 Å². The fraction of sp³-hybridized carbons (Fsp3) is 0.467. The van der Waals surface area contributed by atoms with E-state index in [1.54, 1.807) is 0 Å². The average molecular weight is 476 g/mol. The zero-order valence-electron chi connectivity index (χ0n) is 22.1. The molecule has 0 amide bonds. The van der Waals surface area contributed by atoms with Gasteiger partial charge in [-0.1, -0.05) is 44.2 Å². The van der Waals surface area contributed by atoms with Crippen molar-refractivity contribution in [1.29, 1.82) is 0 Å². The maximum atomic E-state index is 12.1. The lowest BCUT2D eigenvalue weighted by Crippen LogP contribution is -2.35. The Morgan fingerprint density at radius 1 is 1.23 bits per heavy atom. The van der Waals surface area contributed by atoms with Gasteiger partial charge in [0.25, 0.3) is 0 Å². The van der Waals surface area contributed by atoms with Crippen LogP contribution in [0.5, 0.6) is 0 Å². The van der Waals surface area contributed by atoms with E-state index in [4.69, 9.17) is 4.99 Å².